The van der Waals surface area contributed by atoms with Crippen LogP contribution < -0.4 is 4.90 Å². The zero-order chi connectivity index (χ0) is 21.4. The van der Waals surface area contributed by atoms with Crippen LogP contribution in [0.5, 0.6) is 5.75 Å². The summed E-state index contributed by atoms with van der Waals surface area (Å²) in [7, 11) is 0. The molecule has 2 aromatic rings. The van der Waals surface area contributed by atoms with E-state index in [2.05, 4.69) is 6.92 Å². The molecule has 0 heterocycles. The van der Waals surface area contributed by atoms with Crippen molar-refractivity contribution in [2.24, 2.45) is 0 Å². The molecule has 0 aliphatic carbocycles. The fourth-order valence-corrected chi connectivity index (χ4v) is 3.68. The van der Waals surface area contributed by atoms with E-state index in [9.17, 15) is 19.8 Å². The van der Waals surface area contributed by atoms with Crippen molar-refractivity contribution in [3.63, 3.8) is 0 Å². The van der Waals surface area contributed by atoms with Crippen LogP contribution >= 0.6 is 0 Å². The molecule has 0 unspecified atom stereocenters. The van der Waals surface area contributed by atoms with Crippen molar-refractivity contribution in [2.75, 3.05) is 18.0 Å². The van der Waals surface area contributed by atoms with Gasteiger partial charge in [0, 0.05) is 18.7 Å². The average Bonchev–Trinajstić information content (AvgIpc) is 2.72. The maximum atomic E-state index is 13.3. The molecule has 156 valence electrons. The summed E-state index contributed by atoms with van der Waals surface area (Å²) < 4.78 is 0. The molecule has 2 rings (SSSR count). The largest absolute Gasteiger partial charge is 0.505 e. The molecule has 0 saturated heterocycles. The van der Waals surface area contributed by atoms with Crippen LogP contribution in [-0.4, -0.2) is 35.1 Å². The van der Waals surface area contributed by atoms with Gasteiger partial charge < -0.3 is 15.1 Å². The standard InChI is InChI=1S/C24H31NO4/c1-4-7-8-9-12-17-18(13-10-14-19(17)24(28)29)22(26)20-15-11-16-21(23(20)27)25(5-2)6-3/h10-11,13-16,27H,4-9,12H2,1-3H3,(H,28,29). The third-order valence-corrected chi connectivity index (χ3v) is 5.29. The lowest BCUT2D eigenvalue weighted by Gasteiger charge is -2.23. The highest BCUT2D eigenvalue weighted by Crippen LogP contribution is 2.33. The SMILES string of the molecule is CCCCCCc1c(C(=O)O)cccc1C(=O)c1cccc(N(CC)CC)c1O. The van der Waals surface area contributed by atoms with Gasteiger partial charge in [0.1, 0.15) is 5.75 Å². The summed E-state index contributed by atoms with van der Waals surface area (Å²) >= 11 is 0. The fourth-order valence-electron chi connectivity index (χ4n) is 3.68. The maximum Gasteiger partial charge on any atom is 0.335 e. The van der Waals surface area contributed by atoms with Gasteiger partial charge in [0.2, 0.25) is 0 Å². The van der Waals surface area contributed by atoms with Crippen molar-refractivity contribution in [1.82, 2.24) is 0 Å². The molecule has 0 aliphatic rings. The molecule has 0 aliphatic heterocycles. The number of aromatic hydroxyl groups is 1. The monoisotopic (exact) mass is 397 g/mol. The minimum absolute atomic E-state index is 0.0566. The number of hydrogen-bond donors (Lipinski definition) is 2. The first-order chi connectivity index (χ1) is 14.0. The Labute approximate surface area is 173 Å². The van der Waals surface area contributed by atoms with E-state index in [4.69, 9.17) is 0 Å². The molecular formula is C24H31NO4. The first-order valence-electron chi connectivity index (χ1n) is 10.4. The Hall–Kier alpha value is -2.82. The molecule has 0 amide bonds. The Morgan fingerprint density at radius 3 is 2.10 bits per heavy atom. The number of phenols is 1. The van der Waals surface area contributed by atoms with Gasteiger partial charge >= 0.3 is 5.97 Å². The number of phenolic OH excluding ortho intramolecular Hbond substituents is 1. The predicted octanol–water partition coefficient (Wildman–Crippen LogP) is 5.29. The number of aromatic carboxylic acids is 1. The first kappa shape index (κ1) is 22.5. The number of benzene rings is 2. The number of carboxylic acid groups (broad SMARTS) is 1. The lowest BCUT2D eigenvalue weighted by Crippen LogP contribution is -2.22. The number of anilines is 1. The molecule has 0 saturated carbocycles. The Kier molecular flexibility index (Phi) is 8.25. The van der Waals surface area contributed by atoms with Gasteiger partial charge in [-0.15, -0.1) is 0 Å². The number of nitrogens with zero attached hydrogens (tertiary/aromatic N) is 1. The molecule has 2 N–H and O–H groups in total. The fraction of sp³-hybridized carbons (Fsp3) is 0.417. The molecule has 0 fully saturated rings. The smallest absolute Gasteiger partial charge is 0.335 e. The first-order valence-corrected chi connectivity index (χ1v) is 10.4. The molecule has 0 aromatic heterocycles. The molecule has 29 heavy (non-hydrogen) atoms. The minimum atomic E-state index is -1.04. The van der Waals surface area contributed by atoms with Crippen molar-refractivity contribution in [3.8, 4) is 5.75 Å². The minimum Gasteiger partial charge on any atom is -0.505 e. The Balaban J connectivity index is 2.49. The summed E-state index contributed by atoms with van der Waals surface area (Å²) in [5, 5.41) is 20.4. The number of unbranched alkanes of at least 4 members (excludes halogenated alkanes) is 3. The van der Waals surface area contributed by atoms with E-state index >= 15 is 0 Å². The number of carbonyl (C=O) groups is 2. The van der Waals surface area contributed by atoms with Gasteiger partial charge in [0.05, 0.1) is 16.8 Å². The van der Waals surface area contributed by atoms with E-state index in [1.165, 1.54) is 0 Å². The van der Waals surface area contributed by atoms with Gasteiger partial charge in [0.15, 0.2) is 5.78 Å². The zero-order valence-corrected chi connectivity index (χ0v) is 17.6. The van der Waals surface area contributed by atoms with Crippen LogP contribution in [0.25, 0.3) is 0 Å². The van der Waals surface area contributed by atoms with Crippen LogP contribution in [0.2, 0.25) is 0 Å². The van der Waals surface area contributed by atoms with E-state index in [-0.39, 0.29) is 22.7 Å². The second kappa shape index (κ2) is 10.6. The number of carbonyl (C=O) groups excluding carboxylic acids is 1. The van der Waals surface area contributed by atoms with Gasteiger partial charge in [-0.2, -0.15) is 0 Å². The Bertz CT molecular complexity index is 856. The van der Waals surface area contributed by atoms with Gasteiger partial charge in [-0.1, -0.05) is 44.4 Å². The number of ketones is 1. The van der Waals surface area contributed by atoms with Gasteiger partial charge in [-0.05, 0) is 50.5 Å². The highest BCUT2D eigenvalue weighted by atomic mass is 16.4. The second-order valence-corrected chi connectivity index (χ2v) is 7.12. The van der Waals surface area contributed by atoms with E-state index in [1.54, 1.807) is 36.4 Å². The van der Waals surface area contributed by atoms with Gasteiger partial charge in [0.25, 0.3) is 0 Å². The Morgan fingerprint density at radius 2 is 1.48 bits per heavy atom. The average molecular weight is 398 g/mol. The van der Waals surface area contributed by atoms with Crippen molar-refractivity contribution >= 4 is 17.4 Å². The lowest BCUT2D eigenvalue weighted by molar-refractivity contribution is 0.0695. The summed E-state index contributed by atoms with van der Waals surface area (Å²) in [5.41, 5.74) is 1.88. The third-order valence-electron chi connectivity index (χ3n) is 5.29. The van der Waals surface area contributed by atoms with Crippen LogP contribution in [0.4, 0.5) is 5.69 Å². The van der Waals surface area contributed by atoms with Crippen LogP contribution in [0.3, 0.4) is 0 Å². The van der Waals surface area contributed by atoms with Crippen LogP contribution in [0, 0.1) is 0 Å². The van der Waals surface area contributed by atoms with E-state index < -0.39 is 5.97 Å². The molecule has 0 atom stereocenters. The third kappa shape index (κ3) is 5.17. The van der Waals surface area contributed by atoms with Gasteiger partial charge in [-0.25, -0.2) is 4.79 Å². The van der Waals surface area contributed by atoms with Crippen molar-refractivity contribution in [1.29, 1.82) is 0 Å². The van der Waals surface area contributed by atoms with Crippen molar-refractivity contribution in [3.05, 3.63) is 58.7 Å². The summed E-state index contributed by atoms with van der Waals surface area (Å²) in [6.07, 6.45) is 4.49. The van der Waals surface area contributed by atoms with E-state index in [0.717, 1.165) is 25.7 Å². The van der Waals surface area contributed by atoms with Gasteiger partial charge in [-0.3, -0.25) is 4.79 Å². The zero-order valence-electron chi connectivity index (χ0n) is 17.6. The van der Waals surface area contributed by atoms with Crippen molar-refractivity contribution in [2.45, 2.75) is 52.9 Å². The van der Waals surface area contributed by atoms with E-state index in [0.29, 0.717) is 36.3 Å². The predicted molar refractivity (Wildman–Crippen MR) is 116 cm³/mol. The number of para-hydroxylation sites is 1. The molecule has 0 radical (unpaired) electrons. The number of rotatable bonds is 11. The molecule has 0 spiro atoms. The highest BCUT2D eigenvalue weighted by molar-refractivity contribution is 6.13. The Morgan fingerprint density at radius 1 is 0.862 bits per heavy atom. The number of hydrogen-bond acceptors (Lipinski definition) is 4. The molecule has 0 bridgehead atoms. The lowest BCUT2D eigenvalue weighted by atomic mass is 9.90. The quantitative estimate of drug-likeness (QED) is 0.398. The van der Waals surface area contributed by atoms with Crippen LogP contribution in [-0.2, 0) is 6.42 Å². The van der Waals surface area contributed by atoms with Crippen LogP contribution in [0.15, 0.2) is 36.4 Å². The molecule has 5 nitrogen and oxygen atoms in total. The van der Waals surface area contributed by atoms with Crippen molar-refractivity contribution < 1.29 is 19.8 Å². The number of carboxylic acids is 1. The van der Waals surface area contributed by atoms with E-state index in [1.807, 2.05) is 18.7 Å². The topological polar surface area (TPSA) is 77.8 Å². The highest BCUT2D eigenvalue weighted by Gasteiger charge is 2.23. The summed E-state index contributed by atoms with van der Waals surface area (Å²) in [4.78, 5) is 27.1. The van der Waals surface area contributed by atoms with Crippen LogP contribution in [0.1, 0.15) is 78.3 Å². The normalized spacial score (nSPS) is 10.7. The molecule has 2 aromatic carbocycles. The molecule has 5 heteroatoms. The maximum absolute atomic E-state index is 13.3. The summed E-state index contributed by atoms with van der Waals surface area (Å²) in [6, 6.07) is 9.94. The summed E-state index contributed by atoms with van der Waals surface area (Å²) in [6.45, 7) is 7.51. The second-order valence-electron chi connectivity index (χ2n) is 7.12. The molecular weight excluding hydrogens is 366 g/mol. The summed E-state index contributed by atoms with van der Waals surface area (Å²) in [5.74, 6) is -1.43.